The Hall–Kier alpha value is -2.19. The SMILES string of the molecule is CN[C@@H]1CCN(C2=CC(N)(Cc3ccc(F)cc3F)N=C(N)N2)C1. The number of nitrogens with zero attached hydrogens (tertiary/aromatic N) is 2. The van der Waals surface area contributed by atoms with E-state index in [4.69, 9.17) is 11.5 Å². The Kier molecular flexibility index (Phi) is 4.42. The highest BCUT2D eigenvalue weighted by Gasteiger charge is 2.32. The molecule has 1 aromatic carbocycles. The molecule has 2 aliphatic heterocycles. The largest absolute Gasteiger partial charge is 0.370 e. The number of nitrogens with two attached hydrogens (primary N) is 2. The fourth-order valence-corrected chi connectivity index (χ4v) is 3.13. The minimum Gasteiger partial charge on any atom is -0.370 e. The topological polar surface area (TPSA) is 91.7 Å². The molecule has 0 bridgehead atoms. The molecule has 1 saturated heterocycles. The standard InChI is InChI=1S/C16H22F2N6/c1-21-12-4-5-24(9-12)14-8-16(20,23-15(19)22-14)7-10-2-3-11(17)6-13(10)18/h2-3,6,8,12,21H,4-5,7,9,20H2,1H3,(H3,19,22,23)/t12-,16?/m1/s1. The molecule has 0 aliphatic carbocycles. The number of benzene rings is 1. The fourth-order valence-electron chi connectivity index (χ4n) is 3.13. The van der Waals surface area contributed by atoms with Crippen molar-refractivity contribution in [2.24, 2.45) is 16.5 Å². The highest BCUT2D eigenvalue weighted by molar-refractivity contribution is 5.81. The number of nitrogens with one attached hydrogen (secondary N) is 2. The van der Waals surface area contributed by atoms with Crippen molar-refractivity contribution in [1.82, 2.24) is 15.5 Å². The van der Waals surface area contributed by atoms with Gasteiger partial charge in [-0.15, -0.1) is 0 Å². The first-order valence-corrected chi connectivity index (χ1v) is 7.89. The Labute approximate surface area is 139 Å². The van der Waals surface area contributed by atoms with Gasteiger partial charge in [-0.05, 0) is 31.2 Å². The van der Waals surface area contributed by atoms with Gasteiger partial charge in [0.1, 0.15) is 23.1 Å². The molecule has 0 aromatic heterocycles. The van der Waals surface area contributed by atoms with Crippen molar-refractivity contribution in [3.63, 3.8) is 0 Å². The summed E-state index contributed by atoms with van der Waals surface area (Å²) in [6, 6.07) is 3.83. The summed E-state index contributed by atoms with van der Waals surface area (Å²) in [6.45, 7) is 1.68. The fraction of sp³-hybridized carbons (Fsp3) is 0.438. The van der Waals surface area contributed by atoms with Crippen LogP contribution in [0.1, 0.15) is 12.0 Å². The van der Waals surface area contributed by atoms with E-state index in [9.17, 15) is 8.78 Å². The number of aliphatic imine (C=N–C) groups is 1. The van der Waals surface area contributed by atoms with Gasteiger partial charge in [0.15, 0.2) is 5.96 Å². The molecule has 6 nitrogen and oxygen atoms in total. The lowest BCUT2D eigenvalue weighted by molar-refractivity contribution is 0.376. The molecule has 8 heteroatoms. The Morgan fingerprint density at radius 3 is 2.92 bits per heavy atom. The van der Waals surface area contributed by atoms with Crippen molar-refractivity contribution in [2.75, 3.05) is 20.1 Å². The van der Waals surface area contributed by atoms with Gasteiger partial charge in [-0.3, -0.25) is 0 Å². The van der Waals surface area contributed by atoms with E-state index in [1.165, 1.54) is 12.1 Å². The molecule has 130 valence electrons. The second kappa shape index (κ2) is 6.37. The molecule has 0 radical (unpaired) electrons. The summed E-state index contributed by atoms with van der Waals surface area (Å²) in [6.07, 6.45) is 2.86. The van der Waals surface area contributed by atoms with Crippen molar-refractivity contribution in [2.45, 2.75) is 24.5 Å². The first kappa shape index (κ1) is 16.7. The van der Waals surface area contributed by atoms with E-state index in [2.05, 4.69) is 20.5 Å². The Bertz CT molecular complexity index is 689. The number of hydrogen-bond donors (Lipinski definition) is 4. The van der Waals surface area contributed by atoms with Gasteiger partial charge in [-0.1, -0.05) is 6.07 Å². The summed E-state index contributed by atoms with van der Waals surface area (Å²) in [5.74, 6) is -0.309. The van der Waals surface area contributed by atoms with Crippen LogP contribution in [-0.2, 0) is 6.42 Å². The van der Waals surface area contributed by atoms with Gasteiger partial charge >= 0.3 is 0 Å². The lowest BCUT2D eigenvalue weighted by Gasteiger charge is -2.32. The Balaban J connectivity index is 1.83. The van der Waals surface area contributed by atoms with E-state index in [1.807, 2.05) is 7.05 Å². The average Bonchev–Trinajstić information content (AvgIpc) is 2.98. The van der Waals surface area contributed by atoms with E-state index in [0.717, 1.165) is 31.4 Å². The van der Waals surface area contributed by atoms with Crippen LogP contribution in [0.3, 0.4) is 0 Å². The second-order valence-corrected chi connectivity index (χ2v) is 6.28. The third-order valence-electron chi connectivity index (χ3n) is 4.40. The van der Waals surface area contributed by atoms with Crippen molar-refractivity contribution < 1.29 is 8.78 Å². The molecular formula is C16H22F2N6. The first-order valence-electron chi connectivity index (χ1n) is 7.89. The predicted molar refractivity (Wildman–Crippen MR) is 88.9 cm³/mol. The quantitative estimate of drug-likeness (QED) is 0.631. The van der Waals surface area contributed by atoms with Gasteiger partial charge < -0.3 is 27.0 Å². The minimum atomic E-state index is -1.18. The lowest BCUT2D eigenvalue weighted by atomic mass is 9.99. The zero-order valence-corrected chi connectivity index (χ0v) is 13.5. The zero-order valence-electron chi connectivity index (χ0n) is 13.5. The molecule has 2 heterocycles. The summed E-state index contributed by atoms with van der Waals surface area (Å²) in [4.78, 5) is 6.35. The number of likely N-dealkylation sites (N-methyl/N-ethyl adjacent to an activating group) is 1. The third-order valence-corrected chi connectivity index (χ3v) is 4.40. The highest BCUT2D eigenvalue weighted by Crippen LogP contribution is 2.23. The summed E-state index contributed by atoms with van der Waals surface area (Å²) in [5.41, 5.74) is 11.3. The van der Waals surface area contributed by atoms with Crippen LogP contribution in [-0.4, -0.2) is 42.7 Å². The third kappa shape index (κ3) is 3.49. The smallest absolute Gasteiger partial charge is 0.196 e. The number of guanidine groups is 1. The number of hydrogen-bond acceptors (Lipinski definition) is 6. The molecule has 0 spiro atoms. The summed E-state index contributed by atoms with van der Waals surface area (Å²) >= 11 is 0. The highest BCUT2D eigenvalue weighted by atomic mass is 19.1. The molecule has 3 rings (SSSR count). The van der Waals surface area contributed by atoms with Gasteiger partial charge in [0.2, 0.25) is 0 Å². The van der Waals surface area contributed by atoms with Crippen LogP contribution < -0.4 is 22.1 Å². The van der Waals surface area contributed by atoms with E-state index < -0.39 is 17.3 Å². The maximum atomic E-state index is 13.9. The Morgan fingerprint density at radius 1 is 1.46 bits per heavy atom. The van der Waals surface area contributed by atoms with E-state index in [-0.39, 0.29) is 12.4 Å². The maximum absolute atomic E-state index is 13.9. The summed E-state index contributed by atoms with van der Waals surface area (Å²) < 4.78 is 27.0. The molecule has 2 atom stereocenters. The van der Waals surface area contributed by atoms with Gasteiger partial charge in [-0.25, -0.2) is 13.8 Å². The van der Waals surface area contributed by atoms with Crippen LogP contribution in [0.25, 0.3) is 0 Å². The van der Waals surface area contributed by atoms with E-state index >= 15 is 0 Å². The van der Waals surface area contributed by atoms with Crippen LogP contribution in [0, 0.1) is 11.6 Å². The monoisotopic (exact) mass is 336 g/mol. The van der Waals surface area contributed by atoms with Crippen molar-refractivity contribution in [3.05, 3.63) is 47.3 Å². The van der Waals surface area contributed by atoms with Gasteiger partial charge in [0, 0.05) is 31.6 Å². The molecule has 1 fully saturated rings. The van der Waals surface area contributed by atoms with Crippen LogP contribution >= 0.6 is 0 Å². The van der Waals surface area contributed by atoms with Crippen LogP contribution in [0.15, 0.2) is 35.1 Å². The van der Waals surface area contributed by atoms with Crippen molar-refractivity contribution >= 4 is 5.96 Å². The minimum absolute atomic E-state index is 0.0916. The van der Waals surface area contributed by atoms with Crippen LogP contribution in [0.4, 0.5) is 8.78 Å². The number of halogens is 2. The van der Waals surface area contributed by atoms with Crippen molar-refractivity contribution in [3.8, 4) is 0 Å². The first-order chi connectivity index (χ1) is 11.4. The molecule has 6 N–H and O–H groups in total. The molecular weight excluding hydrogens is 314 g/mol. The van der Waals surface area contributed by atoms with Gasteiger partial charge in [-0.2, -0.15) is 0 Å². The molecule has 2 aliphatic rings. The molecule has 0 saturated carbocycles. The van der Waals surface area contributed by atoms with Crippen LogP contribution in [0.2, 0.25) is 0 Å². The molecule has 0 amide bonds. The van der Waals surface area contributed by atoms with Crippen LogP contribution in [0.5, 0.6) is 0 Å². The average molecular weight is 336 g/mol. The molecule has 1 unspecified atom stereocenters. The Morgan fingerprint density at radius 2 is 2.25 bits per heavy atom. The predicted octanol–water partition coefficient (Wildman–Crippen LogP) is 0.215. The van der Waals surface area contributed by atoms with Gasteiger partial charge in [0.05, 0.1) is 0 Å². The lowest BCUT2D eigenvalue weighted by Crippen LogP contribution is -2.51. The van der Waals surface area contributed by atoms with Gasteiger partial charge in [0.25, 0.3) is 0 Å². The summed E-state index contributed by atoms with van der Waals surface area (Å²) in [7, 11) is 1.93. The second-order valence-electron chi connectivity index (χ2n) is 6.28. The maximum Gasteiger partial charge on any atom is 0.196 e. The normalized spacial score (nSPS) is 26.8. The number of rotatable bonds is 4. The zero-order chi connectivity index (χ0) is 17.3. The van der Waals surface area contributed by atoms with Crippen molar-refractivity contribution in [1.29, 1.82) is 0 Å². The number of likely N-dealkylation sites (tertiary alicyclic amines) is 1. The molecule has 24 heavy (non-hydrogen) atoms. The van der Waals surface area contributed by atoms with E-state index in [0.29, 0.717) is 11.6 Å². The van der Waals surface area contributed by atoms with E-state index in [1.54, 1.807) is 6.08 Å². The molecule has 1 aromatic rings. The summed E-state index contributed by atoms with van der Waals surface area (Å²) in [5, 5.41) is 6.26.